The summed E-state index contributed by atoms with van der Waals surface area (Å²) >= 11 is 1.45. The van der Waals surface area contributed by atoms with Crippen molar-refractivity contribution in [1.82, 2.24) is 14.9 Å². The fourth-order valence-electron chi connectivity index (χ4n) is 3.56. The van der Waals surface area contributed by atoms with E-state index in [1.54, 1.807) is 5.51 Å². The lowest BCUT2D eigenvalue weighted by Crippen LogP contribution is -2.43. The Balaban J connectivity index is 1.51. The summed E-state index contributed by atoms with van der Waals surface area (Å²) in [7, 11) is 0. The molecule has 2 aromatic heterocycles. The second kappa shape index (κ2) is 6.49. The number of nitrogens with zero attached hydrogens (tertiary/aromatic N) is 4. The highest BCUT2D eigenvalue weighted by atomic mass is 32.1. The third-order valence-corrected chi connectivity index (χ3v) is 5.38. The Morgan fingerprint density at radius 1 is 1.25 bits per heavy atom. The largest absolute Gasteiger partial charge is 0.379 e. The molecule has 0 saturated carbocycles. The van der Waals surface area contributed by atoms with Crippen LogP contribution in [0.1, 0.15) is 16.9 Å². The molecule has 4 heterocycles. The summed E-state index contributed by atoms with van der Waals surface area (Å²) in [6.07, 6.45) is 2.83. The van der Waals surface area contributed by atoms with Gasteiger partial charge < -0.3 is 14.5 Å². The lowest BCUT2D eigenvalue weighted by atomic mass is 9.87. The van der Waals surface area contributed by atoms with Gasteiger partial charge in [0.15, 0.2) is 0 Å². The number of thiazole rings is 1. The van der Waals surface area contributed by atoms with Gasteiger partial charge in [0.2, 0.25) is 0 Å². The molecule has 1 spiro atoms. The van der Waals surface area contributed by atoms with Crippen molar-refractivity contribution >= 4 is 23.1 Å². The topological polar surface area (TPSA) is 58.6 Å². The van der Waals surface area contributed by atoms with Crippen LogP contribution in [0.15, 0.2) is 35.3 Å². The van der Waals surface area contributed by atoms with Crippen molar-refractivity contribution in [1.29, 1.82) is 0 Å². The zero-order valence-electron chi connectivity index (χ0n) is 13.4. The fourth-order valence-corrected chi connectivity index (χ4v) is 4.09. The molecule has 1 atom stereocenters. The number of hydrogen-bond donors (Lipinski definition) is 0. The Labute approximate surface area is 145 Å². The van der Waals surface area contributed by atoms with Crippen LogP contribution in [-0.4, -0.2) is 60.2 Å². The lowest BCUT2D eigenvalue weighted by Gasteiger charge is -2.31. The van der Waals surface area contributed by atoms with Crippen molar-refractivity contribution in [2.24, 2.45) is 5.41 Å². The van der Waals surface area contributed by atoms with E-state index < -0.39 is 0 Å². The molecule has 24 heavy (non-hydrogen) atoms. The summed E-state index contributed by atoms with van der Waals surface area (Å²) in [5.74, 6) is 1.01. The number of amides is 1. The molecule has 0 bridgehead atoms. The summed E-state index contributed by atoms with van der Waals surface area (Å²) in [6.45, 7) is 4.43. The van der Waals surface area contributed by atoms with E-state index in [1.165, 1.54) is 11.3 Å². The predicted molar refractivity (Wildman–Crippen MR) is 92.3 cm³/mol. The van der Waals surface area contributed by atoms with E-state index in [9.17, 15) is 4.79 Å². The minimum atomic E-state index is -0.0281. The normalized spacial score (nSPS) is 24.3. The fraction of sp³-hybridized carbons (Fsp3) is 0.471. The molecule has 2 fully saturated rings. The number of pyridine rings is 1. The first kappa shape index (κ1) is 15.5. The summed E-state index contributed by atoms with van der Waals surface area (Å²) in [5, 5.41) is 1.82. The van der Waals surface area contributed by atoms with E-state index in [1.807, 2.05) is 34.7 Å². The Bertz CT molecular complexity index is 694. The third kappa shape index (κ3) is 3.01. The molecule has 0 unspecified atom stereocenters. The van der Waals surface area contributed by atoms with Crippen molar-refractivity contribution in [2.75, 3.05) is 44.3 Å². The molecule has 0 N–H and O–H groups in total. The van der Waals surface area contributed by atoms with Crippen molar-refractivity contribution in [3.8, 4) is 0 Å². The summed E-state index contributed by atoms with van der Waals surface area (Å²) in [4.78, 5) is 25.5. The lowest BCUT2D eigenvalue weighted by molar-refractivity contribution is 0.0686. The van der Waals surface area contributed by atoms with Gasteiger partial charge in [-0.25, -0.2) is 9.97 Å². The first-order valence-electron chi connectivity index (χ1n) is 8.17. The van der Waals surface area contributed by atoms with Crippen LogP contribution < -0.4 is 4.90 Å². The number of aromatic nitrogens is 2. The van der Waals surface area contributed by atoms with Gasteiger partial charge in [0.25, 0.3) is 5.91 Å². The van der Waals surface area contributed by atoms with Crippen LogP contribution in [0.3, 0.4) is 0 Å². The van der Waals surface area contributed by atoms with Crippen LogP contribution in [0.4, 0.5) is 5.82 Å². The summed E-state index contributed by atoms with van der Waals surface area (Å²) in [5.41, 5.74) is 2.21. The van der Waals surface area contributed by atoms with Gasteiger partial charge in [0, 0.05) is 43.2 Å². The zero-order valence-corrected chi connectivity index (χ0v) is 14.2. The molecule has 4 rings (SSSR count). The summed E-state index contributed by atoms with van der Waals surface area (Å²) in [6, 6.07) is 5.97. The Hall–Kier alpha value is -1.99. The SMILES string of the molecule is O=C(c1cscn1)N1CCOC[C@]2(CCN(c3ccccn3)C2)C1. The second-order valence-corrected chi connectivity index (χ2v) is 7.23. The molecule has 1 amide bonds. The smallest absolute Gasteiger partial charge is 0.273 e. The number of hydrogen-bond acceptors (Lipinski definition) is 6. The number of anilines is 1. The van der Waals surface area contributed by atoms with E-state index in [0.29, 0.717) is 32.0 Å². The predicted octanol–water partition coefficient (Wildman–Crippen LogP) is 1.91. The monoisotopic (exact) mass is 344 g/mol. The molecule has 2 aliphatic heterocycles. The van der Waals surface area contributed by atoms with Gasteiger partial charge in [0.1, 0.15) is 11.5 Å². The third-order valence-electron chi connectivity index (χ3n) is 4.79. The van der Waals surface area contributed by atoms with E-state index >= 15 is 0 Å². The maximum atomic E-state index is 12.7. The van der Waals surface area contributed by atoms with Crippen LogP contribution in [0, 0.1) is 5.41 Å². The van der Waals surface area contributed by atoms with Crippen molar-refractivity contribution in [3.05, 3.63) is 41.0 Å². The first-order chi connectivity index (χ1) is 11.8. The van der Waals surface area contributed by atoms with E-state index in [-0.39, 0.29) is 11.3 Å². The van der Waals surface area contributed by atoms with Crippen LogP contribution in [0.2, 0.25) is 0 Å². The van der Waals surface area contributed by atoms with Gasteiger partial charge in [0.05, 0.1) is 18.7 Å². The summed E-state index contributed by atoms with van der Waals surface area (Å²) < 4.78 is 5.86. The molecular weight excluding hydrogens is 324 g/mol. The van der Waals surface area contributed by atoms with Crippen molar-refractivity contribution < 1.29 is 9.53 Å². The first-order valence-corrected chi connectivity index (χ1v) is 9.11. The second-order valence-electron chi connectivity index (χ2n) is 6.51. The molecular formula is C17H20N4O2S. The number of carbonyl (C=O) groups is 1. The molecule has 126 valence electrons. The highest BCUT2D eigenvalue weighted by Crippen LogP contribution is 2.35. The van der Waals surface area contributed by atoms with Gasteiger partial charge in [-0.05, 0) is 18.6 Å². The molecule has 2 aliphatic rings. The Morgan fingerprint density at radius 2 is 2.21 bits per heavy atom. The molecule has 7 heteroatoms. The minimum Gasteiger partial charge on any atom is -0.379 e. The van der Waals surface area contributed by atoms with Crippen molar-refractivity contribution in [3.63, 3.8) is 0 Å². The van der Waals surface area contributed by atoms with E-state index in [4.69, 9.17) is 4.74 Å². The number of ether oxygens (including phenoxy) is 1. The van der Waals surface area contributed by atoms with Crippen LogP contribution in [-0.2, 0) is 4.74 Å². The number of rotatable bonds is 2. The average molecular weight is 344 g/mol. The highest BCUT2D eigenvalue weighted by molar-refractivity contribution is 7.07. The minimum absolute atomic E-state index is 0.0115. The maximum absolute atomic E-state index is 12.7. The Kier molecular flexibility index (Phi) is 4.20. The molecule has 2 saturated heterocycles. The molecule has 6 nitrogen and oxygen atoms in total. The average Bonchev–Trinajstić information content (AvgIpc) is 3.24. The van der Waals surface area contributed by atoms with Gasteiger partial charge in [-0.2, -0.15) is 0 Å². The quantitative estimate of drug-likeness (QED) is 0.833. The van der Waals surface area contributed by atoms with Gasteiger partial charge >= 0.3 is 0 Å². The Morgan fingerprint density at radius 3 is 3.00 bits per heavy atom. The molecule has 0 aromatic carbocycles. The van der Waals surface area contributed by atoms with Gasteiger partial charge in [-0.15, -0.1) is 11.3 Å². The van der Waals surface area contributed by atoms with E-state index in [2.05, 4.69) is 14.9 Å². The molecule has 2 aromatic rings. The number of carbonyl (C=O) groups excluding carboxylic acids is 1. The van der Waals surface area contributed by atoms with Crippen molar-refractivity contribution in [2.45, 2.75) is 6.42 Å². The highest BCUT2D eigenvalue weighted by Gasteiger charge is 2.42. The zero-order chi connectivity index (χ0) is 16.4. The van der Waals surface area contributed by atoms with Gasteiger partial charge in [-0.3, -0.25) is 4.79 Å². The van der Waals surface area contributed by atoms with E-state index in [0.717, 1.165) is 25.3 Å². The maximum Gasteiger partial charge on any atom is 0.273 e. The van der Waals surface area contributed by atoms with Crippen LogP contribution in [0.5, 0.6) is 0 Å². The van der Waals surface area contributed by atoms with Crippen LogP contribution >= 0.6 is 11.3 Å². The van der Waals surface area contributed by atoms with Crippen LogP contribution in [0.25, 0.3) is 0 Å². The molecule has 0 radical (unpaired) electrons. The van der Waals surface area contributed by atoms with Gasteiger partial charge in [-0.1, -0.05) is 6.07 Å². The standard InChI is InChI=1S/C17H20N4O2S/c22-16(14-9-24-13-19-14)21-7-8-23-12-17(11-21)4-6-20(10-17)15-3-1-2-5-18-15/h1-3,5,9,13H,4,6-8,10-12H2/t17-/m0/s1. The molecule has 0 aliphatic carbocycles.